The van der Waals surface area contributed by atoms with Gasteiger partial charge in [0.05, 0.1) is 11.1 Å². The Morgan fingerprint density at radius 3 is 1.43 bits per heavy atom. The zero-order valence-corrected chi connectivity index (χ0v) is 39.4. The van der Waals surface area contributed by atoms with Crippen molar-refractivity contribution in [1.29, 1.82) is 0 Å². The predicted octanol–water partition coefficient (Wildman–Crippen LogP) is 17.0. The summed E-state index contributed by atoms with van der Waals surface area (Å²) in [7, 11) is 0. The normalized spacial score (nSPS) is 18.2. The number of rotatable bonds is 7. The van der Waals surface area contributed by atoms with Crippen LogP contribution in [0.4, 0.5) is 17.1 Å². The van der Waals surface area contributed by atoms with E-state index in [2.05, 4.69) is 232 Å². The first-order chi connectivity index (χ1) is 30.0. The Labute approximate surface area is 378 Å². The molecule has 7 aromatic rings. The Morgan fingerprint density at radius 1 is 0.381 bits per heavy atom. The van der Waals surface area contributed by atoms with E-state index in [0.29, 0.717) is 5.92 Å². The second-order valence-electron chi connectivity index (χ2n) is 22.0. The van der Waals surface area contributed by atoms with Crippen LogP contribution in [-0.4, -0.2) is 0 Å². The SMILES string of the molecule is CC(C)c1cc2c(cc1N(c1ccccc1)c1cc3c(cc1-c1ccc4c(c1)C(C)(C)CCC4(C)C)-c1ccccc1C3(c1ccccc1)c1ccccc1)C(C)(C)CCC2(C)C. The van der Waals surface area contributed by atoms with E-state index in [1.807, 2.05) is 0 Å². The highest BCUT2D eigenvalue weighted by atomic mass is 15.1. The predicted molar refractivity (Wildman–Crippen MR) is 269 cm³/mol. The molecule has 1 heteroatoms. The molecule has 0 radical (unpaired) electrons. The average molecular weight is 824 g/mol. The molecule has 0 unspecified atom stereocenters. The Morgan fingerprint density at radius 2 is 0.857 bits per heavy atom. The molecule has 0 N–H and O–H groups in total. The topological polar surface area (TPSA) is 3.24 Å². The summed E-state index contributed by atoms with van der Waals surface area (Å²) in [5, 5.41) is 0. The van der Waals surface area contributed by atoms with E-state index in [1.54, 1.807) is 0 Å². The Hall–Kier alpha value is -5.66. The van der Waals surface area contributed by atoms with Gasteiger partial charge in [-0.25, -0.2) is 0 Å². The first-order valence-electron chi connectivity index (χ1n) is 23.6. The first-order valence-corrected chi connectivity index (χ1v) is 23.6. The molecular formula is C62H65N. The van der Waals surface area contributed by atoms with Gasteiger partial charge in [0.1, 0.15) is 0 Å². The lowest BCUT2D eigenvalue weighted by atomic mass is 9.62. The summed E-state index contributed by atoms with van der Waals surface area (Å²) in [4.78, 5) is 2.65. The summed E-state index contributed by atoms with van der Waals surface area (Å²) in [5.74, 6) is 0.305. The zero-order chi connectivity index (χ0) is 44.1. The van der Waals surface area contributed by atoms with Gasteiger partial charge in [-0.1, -0.05) is 197 Å². The highest BCUT2D eigenvalue weighted by molar-refractivity contribution is 5.97. The van der Waals surface area contributed by atoms with Crippen LogP contribution in [0.25, 0.3) is 22.3 Å². The molecule has 0 aliphatic heterocycles. The van der Waals surface area contributed by atoms with Crippen molar-refractivity contribution in [2.45, 2.75) is 128 Å². The van der Waals surface area contributed by atoms with E-state index >= 15 is 0 Å². The summed E-state index contributed by atoms with van der Waals surface area (Å²) >= 11 is 0. The maximum absolute atomic E-state index is 2.65. The van der Waals surface area contributed by atoms with Gasteiger partial charge in [-0.05, 0) is 150 Å². The largest absolute Gasteiger partial charge is 0.310 e. The molecule has 7 aromatic carbocycles. The summed E-state index contributed by atoms with van der Waals surface area (Å²) in [5.41, 5.74) is 21.2. The molecule has 0 aromatic heterocycles. The third-order valence-electron chi connectivity index (χ3n) is 15.9. The summed E-state index contributed by atoms with van der Waals surface area (Å²) < 4.78 is 0. The molecule has 0 spiro atoms. The highest BCUT2D eigenvalue weighted by Gasteiger charge is 2.47. The molecular weight excluding hydrogens is 759 g/mol. The minimum absolute atomic E-state index is 0.0481. The van der Waals surface area contributed by atoms with Gasteiger partial charge >= 0.3 is 0 Å². The van der Waals surface area contributed by atoms with Crippen LogP contribution in [-0.2, 0) is 27.1 Å². The second-order valence-corrected chi connectivity index (χ2v) is 22.0. The van der Waals surface area contributed by atoms with Crippen LogP contribution < -0.4 is 4.90 Å². The minimum atomic E-state index is -0.533. The monoisotopic (exact) mass is 824 g/mol. The molecule has 0 saturated heterocycles. The van der Waals surface area contributed by atoms with Gasteiger partial charge < -0.3 is 4.90 Å². The highest BCUT2D eigenvalue weighted by Crippen LogP contribution is 2.60. The third-order valence-corrected chi connectivity index (χ3v) is 15.9. The van der Waals surface area contributed by atoms with Gasteiger partial charge in [-0.15, -0.1) is 0 Å². The number of hydrogen-bond donors (Lipinski definition) is 0. The van der Waals surface area contributed by atoms with Crippen molar-refractivity contribution in [1.82, 2.24) is 0 Å². The zero-order valence-electron chi connectivity index (χ0n) is 39.4. The summed E-state index contributed by atoms with van der Waals surface area (Å²) in [6, 6.07) is 60.9. The first kappa shape index (κ1) is 41.4. The number of anilines is 3. The molecule has 1 nitrogen and oxygen atoms in total. The number of para-hydroxylation sites is 1. The van der Waals surface area contributed by atoms with Gasteiger partial charge in [-0.2, -0.15) is 0 Å². The van der Waals surface area contributed by atoms with Crippen LogP contribution in [0.5, 0.6) is 0 Å². The molecule has 3 aliphatic carbocycles. The maximum Gasteiger partial charge on any atom is 0.0714 e. The van der Waals surface area contributed by atoms with E-state index in [-0.39, 0.29) is 21.7 Å². The van der Waals surface area contributed by atoms with Gasteiger partial charge in [0.15, 0.2) is 0 Å². The van der Waals surface area contributed by atoms with E-state index in [4.69, 9.17) is 0 Å². The number of hydrogen-bond acceptors (Lipinski definition) is 1. The molecule has 0 saturated carbocycles. The third kappa shape index (κ3) is 6.47. The van der Waals surface area contributed by atoms with Crippen LogP contribution in [0.15, 0.2) is 158 Å². The molecule has 318 valence electrons. The molecule has 0 heterocycles. The van der Waals surface area contributed by atoms with Crippen molar-refractivity contribution in [3.8, 4) is 22.3 Å². The van der Waals surface area contributed by atoms with Crippen molar-refractivity contribution in [3.05, 3.63) is 208 Å². The Kier molecular flexibility index (Phi) is 9.65. The molecule has 0 amide bonds. The molecule has 0 atom stereocenters. The van der Waals surface area contributed by atoms with E-state index in [1.165, 1.54) is 115 Å². The van der Waals surface area contributed by atoms with Gasteiger partial charge in [0, 0.05) is 16.9 Å². The number of fused-ring (bicyclic) bond motifs is 5. The number of nitrogens with zero attached hydrogens (tertiary/aromatic N) is 1. The van der Waals surface area contributed by atoms with Crippen molar-refractivity contribution in [2.24, 2.45) is 0 Å². The molecule has 3 aliphatic rings. The lowest BCUT2D eigenvalue weighted by Crippen LogP contribution is -2.34. The number of benzene rings is 7. The van der Waals surface area contributed by atoms with Crippen molar-refractivity contribution in [3.63, 3.8) is 0 Å². The quantitative estimate of drug-likeness (QED) is 0.155. The van der Waals surface area contributed by atoms with Crippen LogP contribution in [0.2, 0.25) is 0 Å². The molecule has 63 heavy (non-hydrogen) atoms. The van der Waals surface area contributed by atoms with Crippen molar-refractivity contribution >= 4 is 17.1 Å². The van der Waals surface area contributed by atoms with E-state index in [9.17, 15) is 0 Å². The van der Waals surface area contributed by atoms with Crippen LogP contribution >= 0.6 is 0 Å². The second kappa shape index (κ2) is 14.7. The Bertz CT molecular complexity index is 2810. The fourth-order valence-electron chi connectivity index (χ4n) is 11.9. The minimum Gasteiger partial charge on any atom is -0.310 e. The standard InChI is InChI=1S/C62H65N/c1-41(2)47-38-54-55(61(9,10)35-34-60(54,7)8)40-56(47)63(45-26-18-13-19-27-45)57-39-52-49(37-48(57)42-30-31-51-53(36-42)59(5,6)33-32-58(51,3)4)46-28-20-21-29-50(46)62(52,43-22-14-11-15-23-43)44-24-16-12-17-25-44/h11-31,36-41H,32-35H2,1-10H3. The van der Waals surface area contributed by atoms with Crippen molar-refractivity contribution < 1.29 is 0 Å². The van der Waals surface area contributed by atoms with Gasteiger partial charge in [-0.3, -0.25) is 0 Å². The van der Waals surface area contributed by atoms with Crippen LogP contribution in [0, 0.1) is 0 Å². The average Bonchev–Trinajstić information content (AvgIpc) is 3.57. The van der Waals surface area contributed by atoms with Crippen molar-refractivity contribution in [2.75, 3.05) is 4.90 Å². The van der Waals surface area contributed by atoms with Crippen LogP contribution in [0.3, 0.4) is 0 Å². The molecule has 0 bridgehead atoms. The smallest absolute Gasteiger partial charge is 0.0714 e. The lowest BCUT2D eigenvalue weighted by Gasteiger charge is -2.44. The fraction of sp³-hybridized carbons (Fsp3) is 0.323. The van der Waals surface area contributed by atoms with E-state index < -0.39 is 5.41 Å². The van der Waals surface area contributed by atoms with Crippen LogP contribution in [0.1, 0.15) is 151 Å². The van der Waals surface area contributed by atoms with Gasteiger partial charge in [0.25, 0.3) is 0 Å². The summed E-state index contributed by atoms with van der Waals surface area (Å²) in [6.07, 6.45) is 4.72. The maximum atomic E-state index is 2.65. The Balaban J connectivity index is 1.37. The van der Waals surface area contributed by atoms with E-state index in [0.717, 1.165) is 0 Å². The summed E-state index contributed by atoms with van der Waals surface area (Å²) in [6.45, 7) is 24.4. The molecule has 0 fully saturated rings. The lowest BCUT2D eigenvalue weighted by molar-refractivity contribution is 0.331. The van der Waals surface area contributed by atoms with Gasteiger partial charge in [0.2, 0.25) is 0 Å². The fourth-order valence-corrected chi connectivity index (χ4v) is 11.9. The molecule has 10 rings (SSSR count).